The van der Waals surface area contributed by atoms with Crippen molar-refractivity contribution in [3.8, 4) is 5.75 Å². The maximum atomic E-state index is 13.5. The molecular weight excluding hydrogens is 325 g/mol. The summed E-state index contributed by atoms with van der Waals surface area (Å²) in [4.78, 5) is 30.5. The highest BCUT2D eigenvalue weighted by Crippen LogP contribution is 2.22. The van der Waals surface area contributed by atoms with Crippen LogP contribution >= 0.6 is 0 Å². The van der Waals surface area contributed by atoms with E-state index in [1.165, 1.54) is 25.3 Å². The van der Waals surface area contributed by atoms with Crippen molar-refractivity contribution in [2.24, 2.45) is 0 Å². The van der Waals surface area contributed by atoms with Crippen molar-refractivity contribution in [3.05, 3.63) is 29.6 Å². The zero-order valence-corrected chi connectivity index (χ0v) is 14.5. The molecule has 0 radical (unpaired) electrons. The van der Waals surface area contributed by atoms with Gasteiger partial charge in [0.1, 0.15) is 11.6 Å². The second-order valence-electron chi connectivity index (χ2n) is 6.50. The molecule has 136 valence electrons. The van der Waals surface area contributed by atoms with Crippen molar-refractivity contribution in [2.75, 3.05) is 52.9 Å². The van der Waals surface area contributed by atoms with E-state index >= 15 is 0 Å². The largest absolute Gasteiger partial charge is 0.496 e. The smallest absolute Gasteiger partial charge is 0.257 e. The van der Waals surface area contributed by atoms with Gasteiger partial charge in [-0.1, -0.05) is 0 Å². The summed E-state index contributed by atoms with van der Waals surface area (Å²) in [6.45, 7) is 4.45. The molecule has 0 aliphatic carbocycles. The van der Waals surface area contributed by atoms with E-state index in [1.54, 1.807) is 4.90 Å². The molecule has 0 bridgehead atoms. The summed E-state index contributed by atoms with van der Waals surface area (Å²) in [5, 5.41) is 0. The third-order valence-corrected chi connectivity index (χ3v) is 4.87. The van der Waals surface area contributed by atoms with Crippen molar-refractivity contribution < 1.29 is 18.7 Å². The van der Waals surface area contributed by atoms with Crippen LogP contribution in [-0.4, -0.2) is 79.4 Å². The highest BCUT2D eigenvalue weighted by atomic mass is 19.1. The SMILES string of the molecule is COc1ccc(F)cc1C(=O)N1CCN(CC(=O)N2CCCC2)CC1. The normalized spacial score (nSPS) is 18.5. The van der Waals surface area contributed by atoms with E-state index in [4.69, 9.17) is 4.74 Å². The fraction of sp³-hybridized carbons (Fsp3) is 0.556. The molecule has 2 heterocycles. The molecule has 2 aliphatic heterocycles. The van der Waals surface area contributed by atoms with Gasteiger partial charge in [0.15, 0.2) is 0 Å². The summed E-state index contributed by atoms with van der Waals surface area (Å²) in [5.74, 6) is -0.150. The minimum absolute atomic E-state index is 0.170. The lowest BCUT2D eigenvalue weighted by atomic mass is 10.1. The number of halogens is 1. The summed E-state index contributed by atoms with van der Waals surface area (Å²) in [5.41, 5.74) is 0.240. The van der Waals surface area contributed by atoms with E-state index in [2.05, 4.69) is 4.90 Å². The molecule has 0 spiro atoms. The zero-order valence-electron chi connectivity index (χ0n) is 14.5. The molecule has 25 heavy (non-hydrogen) atoms. The number of benzene rings is 1. The lowest BCUT2D eigenvalue weighted by Crippen LogP contribution is -2.51. The van der Waals surface area contributed by atoms with E-state index < -0.39 is 5.82 Å². The quantitative estimate of drug-likeness (QED) is 0.820. The number of amides is 2. The van der Waals surface area contributed by atoms with Crippen molar-refractivity contribution >= 4 is 11.8 Å². The van der Waals surface area contributed by atoms with Gasteiger partial charge >= 0.3 is 0 Å². The van der Waals surface area contributed by atoms with Gasteiger partial charge < -0.3 is 14.5 Å². The second-order valence-corrected chi connectivity index (χ2v) is 6.50. The first-order valence-corrected chi connectivity index (χ1v) is 8.71. The predicted molar refractivity (Wildman–Crippen MR) is 91.1 cm³/mol. The molecule has 2 aliphatic rings. The number of ether oxygens (including phenoxy) is 1. The first-order valence-electron chi connectivity index (χ1n) is 8.71. The van der Waals surface area contributed by atoms with Gasteiger partial charge in [-0.3, -0.25) is 14.5 Å². The summed E-state index contributed by atoms with van der Waals surface area (Å²) in [6.07, 6.45) is 2.17. The van der Waals surface area contributed by atoms with Crippen LogP contribution in [0.5, 0.6) is 5.75 Å². The van der Waals surface area contributed by atoms with Crippen molar-refractivity contribution in [2.45, 2.75) is 12.8 Å². The summed E-state index contributed by atoms with van der Waals surface area (Å²) < 4.78 is 18.7. The molecule has 2 fully saturated rings. The number of hydrogen-bond acceptors (Lipinski definition) is 4. The molecular formula is C18H24FN3O3. The first-order chi connectivity index (χ1) is 12.1. The Bertz CT molecular complexity index is 638. The molecule has 6 nitrogen and oxygen atoms in total. The van der Waals surface area contributed by atoms with Crippen LogP contribution in [-0.2, 0) is 4.79 Å². The standard InChI is InChI=1S/C18H24FN3O3/c1-25-16-5-4-14(19)12-15(16)18(24)22-10-8-20(9-11-22)13-17(23)21-6-2-3-7-21/h4-5,12H,2-3,6-11,13H2,1H3. The maximum Gasteiger partial charge on any atom is 0.257 e. The molecule has 0 aromatic heterocycles. The zero-order chi connectivity index (χ0) is 17.8. The first kappa shape index (κ1) is 17.7. The van der Waals surface area contributed by atoms with E-state index in [-0.39, 0.29) is 17.4 Å². The van der Waals surface area contributed by atoms with Gasteiger partial charge in [-0.15, -0.1) is 0 Å². The summed E-state index contributed by atoms with van der Waals surface area (Å²) in [6, 6.07) is 3.95. The average molecular weight is 349 g/mol. The predicted octanol–water partition coefficient (Wildman–Crippen LogP) is 1.21. The monoisotopic (exact) mass is 349 g/mol. The lowest BCUT2D eigenvalue weighted by Gasteiger charge is -2.35. The molecule has 0 saturated carbocycles. The lowest BCUT2D eigenvalue weighted by molar-refractivity contribution is -0.131. The number of likely N-dealkylation sites (tertiary alicyclic amines) is 1. The molecule has 0 N–H and O–H groups in total. The summed E-state index contributed by atoms with van der Waals surface area (Å²) in [7, 11) is 1.46. The number of carbonyl (C=O) groups is 2. The van der Waals surface area contributed by atoms with E-state index in [9.17, 15) is 14.0 Å². The van der Waals surface area contributed by atoms with Gasteiger partial charge in [0.05, 0.1) is 19.2 Å². The van der Waals surface area contributed by atoms with E-state index in [0.29, 0.717) is 38.5 Å². The summed E-state index contributed by atoms with van der Waals surface area (Å²) >= 11 is 0. The molecule has 2 saturated heterocycles. The number of nitrogens with zero attached hydrogens (tertiary/aromatic N) is 3. The minimum Gasteiger partial charge on any atom is -0.496 e. The number of rotatable bonds is 4. The molecule has 3 rings (SSSR count). The average Bonchev–Trinajstić information content (AvgIpc) is 3.16. The van der Waals surface area contributed by atoms with Gasteiger partial charge in [-0.05, 0) is 31.0 Å². The van der Waals surface area contributed by atoms with Crippen LogP contribution in [0.25, 0.3) is 0 Å². The van der Waals surface area contributed by atoms with Crippen molar-refractivity contribution in [3.63, 3.8) is 0 Å². The highest BCUT2D eigenvalue weighted by molar-refractivity contribution is 5.97. The van der Waals surface area contributed by atoms with Crippen LogP contribution < -0.4 is 4.74 Å². The Morgan fingerprint density at radius 3 is 2.36 bits per heavy atom. The van der Waals surface area contributed by atoms with Gasteiger partial charge in [0.25, 0.3) is 5.91 Å². The van der Waals surface area contributed by atoms with Gasteiger partial charge in [-0.2, -0.15) is 0 Å². The van der Waals surface area contributed by atoms with Crippen LogP contribution in [0.3, 0.4) is 0 Å². The maximum absolute atomic E-state index is 13.5. The van der Waals surface area contributed by atoms with Gasteiger partial charge in [0.2, 0.25) is 5.91 Å². The topological polar surface area (TPSA) is 53.1 Å². The number of carbonyl (C=O) groups excluding carboxylic acids is 2. The second kappa shape index (κ2) is 7.82. The van der Waals surface area contributed by atoms with Crippen LogP contribution in [0.4, 0.5) is 4.39 Å². The third-order valence-electron chi connectivity index (χ3n) is 4.87. The van der Waals surface area contributed by atoms with Crippen LogP contribution in [0, 0.1) is 5.82 Å². The Kier molecular flexibility index (Phi) is 5.53. The molecule has 2 amide bonds. The minimum atomic E-state index is -0.459. The molecule has 7 heteroatoms. The molecule has 1 aromatic carbocycles. The number of methoxy groups -OCH3 is 1. The Hall–Kier alpha value is -2.15. The fourth-order valence-electron chi connectivity index (χ4n) is 3.38. The number of hydrogen-bond donors (Lipinski definition) is 0. The molecule has 0 unspecified atom stereocenters. The Morgan fingerprint density at radius 1 is 1.04 bits per heavy atom. The van der Waals surface area contributed by atoms with Crippen LogP contribution in [0.15, 0.2) is 18.2 Å². The molecule has 1 aromatic rings. The van der Waals surface area contributed by atoms with Crippen LogP contribution in [0.1, 0.15) is 23.2 Å². The van der Waals surface area contributed by atoms with Gasteiger partial charge in [0, 0.05) is 39.3 Å². The van der Waals surface area contributed by atoms with Crippen LogP contribution in [0.2, 0.25) is 0 Å². The number of piperazine rings is 1. The fourth-order valence-corrected chi connectivity index (χ4v) is 3.38. The Balaban J connectivity index is 1.56. The van der Waals surface area contributed by atoms with Crippen molar-refractivity contribution in [1.29, 1.82) is 0 Å². The van der Waals surface area contributed by atoms with Gasteiger partial charge in [-0.25, -0.2) is 4.39 Å². The Labute approximate surface area is 147 Å². The van der Waals surface area contributed by atoms with Crippen molar-refractivity contribution in [1.82, 2.24) is 14.7 Å². The van der Waals surface area contributed by atoms with E-state index in [1.807, 2.05) is 4.90 Å². The highest BCUT2D eigenvalue weighted by Gasteiger charge is 2.27. The molecule has 0 atom stereocenters. The third kappa shape index (κ3) is 4.10. The van der Waals surface area contributed by atoms with E-state index in [0.717, 1.165) is 25.9 Å². The Morgan fingerprint density at radius 2 is 1.72 bits per heavy atom.